The van der Waals surface area contributed by atoms with Crippen LogP contribution in [-0.2, 0) is 15.9 Å². The zero-order chi connectivity index (χ0) is 21.8. The first-order chi connectivity index (χ1) is 14.8. The van der Waals surface area contributed by atoms with E-state index in [9.17, 15) is 4.79 Å². The third-order valence-electron chi connectivity index (χ3n) is 5.49. The number of anilines is 2. The van der Waals surface area contributed by atoms with Crippen molar-refractivity contribution < 1.29 is 14.3 Å². The first-order valence-electron chi connectivity index (χ1n) is 10.6. The highest BCUT2D eigenvalue weighted by molar-refractivity contribution is 5.95. The Morgan fingerprint density at radius 3 is 2.97 bits per heavy atom. The molecule has 10 nitrogen and oxygen atoms in total. The molecule has 5 rings (SSSR count). The van der Waals surface area contributed by atoms with Crippen LogP contribution in [0.5, 0.6) is 0 Å². The van der Waals surface area contributed by atoms with Gasteiger partial charge in [-0.2, -0.15) is 14.5 Å². The fourth-order valence-corrected chi connectivity index (χ4v) is 4.10. The van der Waals surface area contributed by atoms with Crippen molar-refractivity contribution in [3.63, 3.8) is 0 Å². The van der Waals surface area contributed by atoms with E-state index in [2.05, 4.69) is 27.3 Å². The number of ether oxygens (including phenoxy) is 2. The molecule has 1 fully saturated rings. The second kappa shape index (κ2) is 7.23. The van der Waals surface area contributed by atoms with E-state index >= 15 is 0 Å². The zero-order valence-corrected chi connectivity index (χ0v) is 18.3. The average Bonchev–Trinajstić information content (AvgIpc) is 3.44. The molecule has 5 heterocycles. The lowest BCUT2D eigenvalue weighted by Crippen LogP contribution is -2.44. The molecule has 3 aromatic heterocycles. The number of fused-ring (bicyclic) bond motifs is 3. The van der Waals surface area contributed by atoms with Crippen LogP contribution >= 0.6 is 0 Å². The molecule has 0 amide bonds. The van der Waals surface area contributed by atoms with E-state index in [-0.39, 0.29) is 6.04 Å². The first-order valence-corrected chi connectivity index (χ1v) is 10.6. The average molecular weight is 425 g/mol. The maximum Gasteiger partial charge on any atom is 0.435 e. The number of aromatic nitrogens is 5. The molecule has 0 aliphatic carbocycles. The van der Waals surface area contributed by atoms with Gasteiger partial charge >= 0.3 is 6.09 Å². The van der Waals surface area contributed by atoms with Gasteiger partial charge in [-0.15, -0.1) is 5.10 Å². The minimum Gasteiger partial charge on any atom is -0.442 e. The summed E-state index contributed by atoms with van der Waals surface area (Å²) in [5.41, 5.74) is 2.41. The number of morpholine rings is 1. The Morgan fingerprint density at radius 2 is 2.19 bits per heavy atom. The lowest BCUT2D eigenvalue weighted by Gasteiger charge is -2.35. The van der Waals surface area contributed by atoms with E-state index in [4.69, 9.17) is 14.5 Å². The Balaban J connectivity index is 1.57. The van der Waals surface area contributed by atoms with Gasteiger partial charge in [0.2, 0.25) is 0 Å². The fraction of sp³-hybridized carbons (Fsp3) is 0.524. The minimum absolute atomic E-state index is 0.242. The smallest absolute Gasteiger partial charge is 0.435 e. The van der Waals surface area contributed by atoms with Crippen LogP contribution in [0.25, 0.3) is 16.9 Å². The van der Waals surface area contributed by atoms with Crippen LogP contribution in [0.1, 0.15) is 33.3 Å². The number of hydrogen-bond acceptors (Lipinski definition) is 8. The summed E-state index contributed by atoms with van der Waals surface area (Å²) in [4.78, 5) is 19.7. The molecule has 0 unspecified atom stereocenters. The Hall–Kier alpha value is -3.14. The molecule has 0 aromatic carbocycles. The highest BCUT2D eigenvalue weighted by Crippen LogP contribution is 2.38. The normalized spacial score (nSPS) is 18.8. The lowest BCUT2D eigenvalue weighted by molar-refractivity contribution is 0.0514. The number of pyridine rings is 1. The molecule has 3 aromatic rings. The summed E-state index contributed by atoms with van der Waals surface area (Å²) in [5.74, 6) is 1.48. The van der Waals surface area contributed by atoms with Crippen LogP contribution < -0.4 is 10.2 Å². The summed E-state index contributed by atoms with van der Waals surface area (Å²) in [6.07, 6.45) is 3.77. The Kier molecular flexibility index (Phi) is 4.62. The van der Waals surface area contributed by atoms with E-state index in [1.165, 1.54) is 10.2 Å². The second-order valence-electron chi connectivity index (χ2n) is 8.98. The predicted octanol–water partition coefficient (Wildman–Crippen LogP) is 2.59. The Morgan fingerprint density at radius 1 is 1.35 bits per heavy atom. The highest BCUT2D eigenvalue weighted by atomic mass is 16.6. The van der Waals surface area contributed by atoms with Gasteiger partial charge in [0, 0.05) is 30.9 Å². The first kappa shape index (κ1) is 19.8. The summed E-state index contributed by atoms with van der Waals surface area (Å²) in [6, 6.07) is 1.97. The van der Waals surface area contributed by atoms with Gasteiger partial charge in [-0.1, -0.05) is 0 Å². The second-order valence-corrected chi connectivity index (χ2v) is 8.98. The molecule has 1 saturated heterocycles. The van der Waals surface area contributed by atoms with Gasteiger partial charge in [0.05, 0.1) is 36.5 Å². The molecule has 2 aliphatic heterocycles. The van der Waals surface area contributed by atoms with Gasteiger partial charge in [0.1, 0.15) is 11.4 Å². The molecule has 0 radical (unpaired) electrons. The van der Waals surface area contributed by atoms with Crippen molar-refractivity contribution in [3.8, 4) is 5.82 Å². The lowest BCUT2D eigenvalue weighted by atomic mass is 10.1. The summed E-state index contributed by atoms with van der Waals surface area (Å²) in [7, 11) is 0. The molecule has 0 bridgehead atoms. The quantitative estimate of drug-likeness (QED) is 0.669. The number of rotatable bonds is 2. The maximum atomic E-state index is 12.4. The van der Waals surface area contributed by atoms with Gasteiger partial charge in [0.15, 0.2) is 11.5 Å². The van der Waals surface area contributed by atoms with Crippen LogP contribution in [-0.4, -0.2) is 68.6 Å². The van der Waals surface area contributed by atoms with Gasteiger partial charge < -0.3 is 19.7 Å². The summed E-state index contributed by atoms with van der Waals surface area (Å²) >= 11 is 0. The van der Waals surface area contributed by atoms with Crippen molar-refractivity contribution >= 4 is 28.6 Å². The standard InChI is InChI=1S/C21H27N7O3/c1-13-12-30-10-9-26(13)18-14-5-7-22-17(14)15-11-23-28(19(15)24-18)16-6-8-27(25-16)20(29)31-21(2,3)4/h6,8,11,13,22H,5,7,9-10,12H2,1-4H3/t13-/m1/s1. The van der Waals surface area contributed by atoms with E-state index in [0.717, 1.165) is 36.4 Å². The molecule has 1 atom stereocenters. The zero-order valence-electron chi connectivity index (χ0n) is 18.3. The van der Waals surface area contributed by atoms with Gasteiger partial charge in [0.25, 0.3) is 0 Å². The number of hydrogen-bond donors (Lipinski definition) is 1. The number of carbonyl (C=O) groups excluding carboxylic acids is 1. The van der Waals surface area contributed by atoms with Crippen molar-refractivity contribution in [1.29, 1.82) is 0 Å². The number of carbonyl (C=O) groups is 1. The number of nitrogens with one attached hydrogen (secondary N) is 1. The van der Waals surface area contributed by atoms with Crippen molar-refractivity contribution in [3.05, 3.63) is 24.0 Å². The molecule has 1 N–H and O–H groups in total. The molecule has 0 spiro atoms. The molecule has 10 heteroatoms. The minimum atomic E-state index is -0.598. The Bertz CT molecular complexity index is 1140. The van der Waals surface area contributed by atoms with Crippen LogP contribution in [0.15, 0.2) is 18.5 Å². The number of nitrogens with zero attached hydrogens (tertiary/aromatic N) is 6. The van der Waals surface area contributed by atoms with E-state index in [0.29, 0.717) is 24.7 Å². The SMILES string of the molecule is C[C@@H]1COCCN1c1nc2c(cnn2-c2ccn(C(=O)OC(C)(C)C)n2)c2c1CCN2. The van der Waals surface area contributed by atoms with Gasteiger partial charge in [-0.3, -0.25) is 0 Å². The predicted molar refractivity (Wildman–Crippen MR) is 116 cm³/mol. The van der Waals surface area contributed by atoms with E-state index in [1.807, 2.05) is 20.8 Å². The molecular formula is C21H27N7O3. The molecule has 164 valence electrons. The van der Waals surface area contributed by atoms with Gasteiger partial charge in [-0.25, -0.2) is 9.78 Å². The van der Waals surface area contributed by atoms with E-state index < -0.39 is 11.7 Å². The van der Waals surface area contributed by atoms with Crippen LogP contribution in [0.4, 0.5) is 16.3 Å². The van der Waals surface area contributed by atoms with Crippen molar-refractivity contribution in [2.45, 2.75) is 45.8 Å². The van der Waals surface area contributed by atoms with Crippen molar-refractivity contribution in [2.75, 3.05) is 36.5 Å². The summed E-state index contributed by atoms with van der Waals surface area (Å²) < 4.78 is 13.9. The van der Waals surface area contributed by atoms with Crippen molar-refractivity contribution in [1.82, 2.24) is 24.5 Å². The molecule has 31 heavy (non-hydrogen) atoms. The van der Waals surface area contributed by atoms with Crippen LogP contribution in [0.3, 0.4) is 0 Å². The maximum absolute atomic E-state index is 12.4. The van der Waals surface area contributed by atoms with Gasteiger partial charge in [-0.05, 0) is 34.1 Å². The summed E-state index contributed by atoms with van der Waals surface area (Å²) in [6.45, 7) is 10.7. The Labute approximate surface area is 180 Å². The third kappa shape index (κ3) is 3.50. The third-order valence-corrected chi connectivity index (χ3v) is 5.49. The highest BCUT2D eigenvalue weighted by Gasteiger charge is 2.29. The van der Waals surface area contributed by atoms with Crippen LogP contribution in [0.2, 0.25) is 0 Å². The van der Waals surface area contributed by atoms with Crippen LogP contribution in [0, 0.1) is 0 Å². The van der Waals surface area contributed by atoms with E-state index in [1.54, 1.807) is 23.1 Å². The monoisotopic (exact) mass is 425 g/mol. The summed E-state index contributed by atoms with van der Waals surface area (Å²) in [5, 5.41) is 13.4. The fourth-order valence-electron chi connectivity index (χ4n) is 4.10. The molecular weight excluding hydrogens is 398 g/mol. The molecule has 0 saturated carbocycles. The topological polar surface area (TPSA) is 99.3 Å². The largest absolute Gasteiger partial charge is 0.442 e. The van der Waals surface area contributed by atoms with Crippen molar-refractivity contribution in [2.24, 2.45) is 0 Å². The molecule has 2 aliphatic rings.